The van der Waals surface area contributed by atoms with Crippen LogP contribution in [0.1, 0.15) is 11.1 Å². The van der Waals surface area contributed by atoms with Gasteiger partial charge in [0.15, 0.2) is 0 Å². The van der Waals surface area contributed by atoms with Crippen molar-refractivity contribution in [3.05, 3.63) is 29.6 Å². The third-order valence-electron chi connectivity index (χ3n) is 1.61. The molecule has 0 bridgehead atoms. The lowest BCUT2D eigenvalue weighted by atomic mass is 10.1. The zero-order valence-electron chi connectivity index (χ0n) is 7.41. The summed E-state index contributed by atoms with van der Waals surface area (Å²) in [5.74, 6) is 0. The molecule has 6 heteroatoms. The van der Waals surface area contributed by atoms with E-state index in [0.717, 1.165) is 18.5 Å². The molecule has 1 heterocycles. The number of hydrogen-bond acceptors (Lipinski definition) is 3. The van der Waals surface area contributed by atoms with Gasteiger partial charge in [-0.15, -0.1) is 0 Å². The van der Waals surface area contributed by atoms with E-state index in [1.54, 1.807) is 0 Å². The number of aromatic nitrogens is 1. The molecule has 0 aliphatic heterocycles. The molecule has 1 N–H and O–H groups in total. The number of hydrogen-bond donors (Lipinski definition) is 1. The Balaban J connectivity index is 3.04. The normalized spacial score (nSPS) is 12.1. The number of rotatable bonds is 2. The van der Waals surface area contributed by atoms with E-state index < -0.39 is 11.7 Å². The Morgan fingerprint density at radius 2 is 2.14 bits per heavy atom. The summed E-state index contributed by atoms with van der Waals surface area (Å²) in [7, 11) is 1.27. The molecule has 0 aliphatic carbocycles. The molecule has 0 saturated carbocycles. The van der Waals surface area contributed by atoms with E-state index in [-0.39, 0.29) is 12.1 Å². The molecule has 0 atom stereocenters. The predicted molar refractivity (Wildman–Crippen MR) is 42.5 cm³/mol. The van der Waals surface area contributed by atoms with E-state index in [1.165, 1.54) is 7.05 Å². The van der Waals surface area contributed by atoms with Crippen molar-refractivity contribution in [2.75, 3.05) is 7.05 Å². The van der Waals surface area contributed by atoms with Crippen LogP contribution in [0.3, 0.4) is 0 Å². The van der Waals surface area contributed by atoms with E-state index in [4.69, 9.17) is 5.21 Å². The molecule has 0 aliphatic rings. The lowest BCUT2D eigenvalue weighted by Crippen LogP contribution is -2.17. The van der Waals surface area contributed by atoms with Gasteiger partial charge in [0, 0.05) is 19.4 Å². The van der Waals surface area contributed by atoms with Gasteiger partial charge in [-0.2, -0.15) is 18.2 Å². The molecule has 0 saturated heterocycles. The monoisotopic (exact) mass is 206 g/mol. The summed E-state index contributed by atoms with van der Waals surface area (Å²) in [6.45, 7) is -0.206. The zero-order chi connectivity index (χ0) is 10.8. The van der Waals surface area contributed by atoms with Gasteiger partial charge in [-0.25, -0.2) is 0 Å². The Morgan fingerprint density at radius 3 is 2.64 bits per heavy atom. The quantitative estimate of drug-likeness (QED) is 0.751. The number of pyridine rings is 1. The highest BCUT2D eigenvalue weighted by atomic mass is 19.4. The van der Waals surface area contributed by atoms with Gasteiger partial charge in [0.1, 0.15) is 0 Å². The largest absolute Gasteiger partial charge is 0.416 e. The third-order valence-corrected chi connectivity index (χ3v) is 1.61. The second-order valence-electron chi connectivity index (χ2n) is 2.85. The SMILES string of the molecule is CN(O)Cc1cnccc1C(F)(F)F. The standard InChI is InChI=1S/C8H9F3N2O/c1-13(14)5-6-4-12-3-2-7(6)8(9,10)11/h2-4,14H,5H2,1H3. The van der Waals surface area contributed by atoms with Crippen LogP contribution < -0.4 is 0 Å². The van der Waals surface area contributed by atoms with Crippen LogP contribution in [0.25, 0.3) is 0 Å². The fraction of sp³-hybridized carbons (Fsp3) is 0.375. The van der Waals surface area contributed by atoms with Crippen LogP contribution in [0.4, 0.5) is 13.2 Å². The summed E-state index contributed by atoms with van der Waals surface area (Å²) in [5, 5.41) is 9.51. The fourth-order valence-electron chi connectivity index (χ4n) is 1.08. The molecular weight excluding hydrogens is 197 g/mol. The van der Waals surface area contributed by atoms with E-state index in [9.17, 15) is 13.2 Å². The molecule has 0 radical (unpaired) electrons. The Hall–Kier alpha value is -1.14. The molecule has 0 amide bonds. The van der Waals surface area contributed by atoms with Crippen molar-refractivity contribution >= 4 is 0 Å². The van der Waals surface area contributed by atoms with Crippen molar-refractivity contribution in [3.63, 3.8) is 0 Å². The average Bonchev–Trinajstić information content (AvgIpc) is 2.01. The first-order valence-corrected chi connectivity index (χ1v) is 3.81. The van der Waals surface area contributed by atoms with Crippen LogP contribution in [0.15, 0.2) is 18.5 Å². The summed E-state index contributed by atoms with van der Waals surface area (Å²) in [6, 6.07) is 0.888. The topological polar surface area (TPSA) is 36.4 Å². The zero-order valence-corrected chi connectivity index (χ0v) is 7.41. The van der Waals surface area contributed by atoms with Crippen LogP contribution in [-0.4, -0.2) is 22.3 Å². The molecule has 3 nitrogen and oxygen atoms in total. The molecule has 78 valence electrons. The predicted octanol–water partition coefficient (Wildman–Crippen LogP) is 1.92. The Kier molecular flexibility index (Phi) is 3.07. The number of nitrogens with zero attached hydrogens (tertiary/aromatic N) is 2. The minimum absolute atomic E-state index is 0.0509. The molecule has 1 aromatic rings. The van der Waals surface area contributed by atoms with Crippen LogP contribution in [-0.2, 0) is 12.7 Å². The first kappa shape index (κ1) is 10.9. The van der Waals surface area contributed by atoms with Gasteiger partial charge in [0.2, 0.25) is 0 Å². The van der Waals surface area contributed by atoms with E-state index in [0.29, 0.717) is 5.06 Å². The van der Waals surface area contributed by atoms with Crippen molar-refractivity contribution in [2.24, 2.45) is 0 Å². The second-order valence-corrected chi connectivity index (χ2v) is 2.85. The molecule has 1 aromatic heterocycles. The smallest absolute Gasteiger partial charge is 0.314 e. The molecule has 0 fully saturated rings. The highest BCUT2D eigenvalue weighted by Gasteiger charge is 2.33. The summed E-state index contributed by atoms with van der Waals surface area (Å²) >= 11 is 0. The van der Waals surface area contributed by atoms with Crippen molar-refractivity contribution in [1.29, 1.82) is 0 Å². The molecule has 14 heavy (non-hydrogen) atoms. The number of halogens is 3. The summed E-state index contributed by atoms with van der Waals surface area (Å²) in [4.78, 5) is 3.57. The van der Waals surface area contributed by atoms with Crippen LogP contribution >= 0.6 is 0 Å². The van der Waals surface area contributed by atoms with Crippen molar-refractivity contribution in [2.45, 2.75) is 12.7 Å². The summed E-state index contributed by atoms with van der Waals surface area (Å²) in [6.07, 6.45) is -2.24. The highest BCUT2D eigenvalue weighted by Crippen LogP contribution is 2.31. The van der Waals surface area contributed by atoms with Gasteiger partial charge < -0.3 is 5.21 Å². The average molecular weight is 206 g/mol. The first-order chi connectivity index (χ1) is 6.41. The van der Waals surface area contributed by atoms with Crippen LogP contribution in [0.5, 0.6) is 0 Å². The molecule has 0 aromatic carbocycles. The second kappa shape index (κ2) is 3.93. The maximum atomic E-state index is 12.4. The summed E-state index contributed by atoms with van der Waals surface area (Å²) < 4.78 is 37.1. The van der Waals surface area contributed by atoms with E-state index in [2.05, 4.69) is 4.98 Å². The maximum Gasteiger partial charge on any atom is 0.416 e. The number of alkyl halides is 3. The molecular formula is C8H9F3N2O. The fourth-order valence-corrected chi connectivity index (χ4v) is 1.08. The van der Waals surface area contributed by atoms with Gasteiger partial charge in [-0.3, -0.25) is 4.98 Å². The van der Waals surface area contributed by atoms with E-state index in [1.807, 2.05) is 0 Å². The Labute approximate surface area is 78.8 Å². The molecule has 0 unspecified atom stereocenters. The lowest BCUT2D eigenvalue weighted by molar-refractivity contribution is -0.139. The van der Waals surface area contributed by atoms with Gasteiger partial charge >= 0.3 is 6.18 Å². The highest BCUT2D eigenvalue weighted by molar-refractivity contribution is 5.25. The van der Waals surface area contributed by atoms with Crippen LogP contribution in [0.2, 0.25) is 0 Å². The summed E-state index contributed by atoms with van der Waals surface area (Å²) in [5.41, 5.74) is -0.821. The van der Waals surface area contributed by atoms with Crippen molar-refractivity contribution in [1.82, 2.24) is 10.0 Å². The maximum absolute atomic E-state index is 12.4. The van der Waals surface area contributed by atoms with Gasteiger partial charge in [0.25, 0.3) is 0 Å². The first-order valence-electron chi connectivity index (χ1n) is 3.81. The Bertz CT molecular complexity index is 312. The van der Waals surface area contributed by atoms with E-state index >= 15 is 0 Å². The molecule has 1 rings (SSSR count). The minimum atomic E-state index is -4.41. The van der Waals surface area contributed by atoms with Gasteiger partial charge in [0.05, 0.1) is 12.1 Å². The Morgan fingerprint density at radius 1 is 1.50 bits per heavy atom. The van der Waals surface area contributed by atoms with Gasteiger partial charge in [-0.1, -0.05) is 0 Å². The minimum Gasteiger partial charge on any atom is -0.314 e. The van der Waals surface area contributed by atoms with Crippen molar-refractivity contribution in [3.8, 4) is 0 Å². The third kappa shape index (κ3) is 2.68. The lowest BCUT2D eigenvalue weighted by Gasteiger charge is -2.14. The molecule has 0 spiro atoms. The van der Waals surface area contributed by atoms with Gasteiger partial charge in [-0.05, 0) is 11.6 Å². The van der Waals surface area contributed by atoms with Crippen LogP contribution in [0, 0.1) is 0 Å². The number of hydroxylamine groups is 2. The van der Waals surface area contributed by atoms with Crippen molar-refractivity contribution < 1.29 is 18.4 Å².